The highest BCUT2D eigenvalue weighted by Gasteiger charge is 2.20. The molecule has 0 saturated heterocycles. The second kappa shape index (κ2) is 10.4. The average Bonchev–Trinajstić information content (AvgIpc) is 2.70. The third kappa shape index (κ3) is 5.13. The van der Waals surface area contributed by atoms with E-state index in [-0.39, 0.29) is 5.78 Å². The Morgan fingerprint density at radius 2 is 1.44 bits per heavy atom. The topological polar surface area (TPSA) is 44.8 Å². The van der Waals surface area contributed by atoms with E-state index in [1.807, 2.05) is 45.0 Å². The molecule has 0 aliphatic heterocycles. The summed E-state index contributed by atoms with van der Waals surface area (Å²) in [5.41, 5.74) is 2.49. The summed E-state index contributed by atoms with van der Waals surface area (Å²) in [6.07, 6.45) is 4.15. The molecule has 0 N–H and O–H groups in total. The smallest absolute Gasteiger partial charge is 0.204 e. The maximum Gasteiger partial charge on any atom is 0.204 e. The van der Waals surface area contributed by atoms with Crippen molar-refractivity contribution in [1.29, 1.82) is 0 Å². The molecule has 0 spiro atoms. The zero-order chi connectivity index (χ0) is 19.6. The van der Waals surface area contributed by atoms with E-state index in [0.717, 1.165) is 23.3 Å². The van der Waals surface area contributed by atoms with Crippen LogP contribution in [0.1, 0.15) is 49.2 Å². The molecule has 27 heavy (non-hydrogen) atoms. The number of allylic oxidation sites excluding steroid dienone is 1. The molecule has 0 fully saturated rings. The van der Waals surface area contributed by atoms with E-state index in [1.54, 1.807) is 24.3 Å². The zero-order valence-electron chi connectivity index (χ0n) is 16.6. The van der Waals surface area contributed by atoms with Crippen LogP contribution in [0.25, 0.3) is 6.08 Å². The van der Waals surface area contributed by atoms with Gasteiger partial charge in [-0.2, -0.15) is 0 Å². The molecule has 2 aromatic rings. The summed E-state index contributed by atoms with van der Waals surface area (Å²) < 4.78 is 17.6. The number of benzene rings is 2. The lowest BCUT2D eigenvalue weighted by molar-refractivity contribution is 0.104. The van der Waals surface area contributed by atoms with Gasteiger partial charge in [0.2, 0.25) is 5.75 Å². The van der Waals surface area contributed by atoms with Gasteiger partial charge in [-0.25, -0.2) is 0 Å². The summed E-state index contributed by atoms with van der Waals surface area (Å²) in [7, 11) is 0. The lowest BCUT2D eigenvalue weighted by atomic mass is 10.0. The Morgan fingerprint density at radius 3 is 2.04 bits per heavy atom. The van der Waals surface area contributed by atoms with E-state index < -0.39 is 0 Å². The van der Waals surface area contributed by atoms with Crippen LogP contribution in [-0.4, -0.2) is 25.6 Å². The molecule has 0 atom stereocenters. The minimum atomic E-state index is -0.0528. The Balaban J connectivity index is 2.51. The second-order valence-electron chi connectivity index (χ2n) is 5.83. The van der Waals surface area contributed by atoms with Crippen molar-refractivity contribution in [3.63, 3.8) is 0 Å². The first-order chi connectivity index (χ1) is 13.2. The van der Waals surface area contributed by atoms with Crippen molar-refractivity contribution < 1.29 is 19.0 Å². The molecule has 0 bridgehead atoms. The number of hydrogen-bond donors (Lipinski definition) is 0. The zero-order valence-corrected chi connectivity index (χ0v) is 16.6. The second-order valence-corrected chi connectivity index (χ2v) is 5.83. The van der Waals surface area contributed by atoms with Crippen LogP contribution in [0.15, 0.2) is 42.5 Å². The Kier molecular flexibility index (Phi) is 7.93. The van der Waals surface area contributed by atoms with Crippen molar-refractivity contribution >= 4 is 11.9 Å². The standard InChI is InChI=1S/C23H28O4/c1-5-17-16-19(14-15-20(24)18-12-10-9-11-13-18)22(26-7-3)23(27-8-4)21(17)25-6-2/h9-16H,5-8H2,1-4H3. The normalized spacial score (nSPS) is 10.8. The van der Waals surface area contributed by atoms with E-state index in [0.29, 0.717) is 36.9 Å². The lowest BCUT2D eigenvalue weighted by Gasteiger charge is -2.20. The van der Waals surface area contributed by atoms with Gasteiger partial charge in [-0.05, 0) is 51.0 Å². The van der Waals surface area contributed by atoms with Gasteiger partial charge in [0, 0.05) is 11.1 Å². The first kappa shape index (κ1) is 20.6. The van der Waals surface area contributed by atoms with Gasteiger partial charge in [0.05, 0.1) is 19.8 Å². The fraction of sp³-hybridized carbons (Fsp3) is 0.348. The third-order valence-electron chi connectivity index (χ3n) is 4.02. The molecule has 2 aromatic carbocycles. The molecule has 2 rings (SSSR count). The minimum absolute atomic E-state index is 0.0528. The maximum atomic E-state index is 12.4. The van der Waals surface area contributed by atoms with Gasteiger partial charge >= 0.3 is 0 Å². The van der Waals surface area contributed by atoms with Crippen LogP contribution < -0.4 is 14.2 Å². The van der Waals surface area contributed by atoms with Gasteiger partial charge in [-0.1, -0.05) is 37.3 Å². The third-order valence-corrected chi connectivity index (χ3v) is 4.02. The number of aryl methyl sites for hydroxylation is 1. The summed E-state index contributed by atoms with van der Waals surface area (Å²) in [6.45, 7) is 9.40. The van der Waals surface area contributed by atoms with Crippen molar-refractivity contribution in [2.45, 2.75) is 34.1 Å². The fourth-order valence-corrected chi connectivity index (χ4v) is 2.82. The monoisotopic (exact) mass is 368 g/mol. The Bertz CT molecular complexity index is 779. The minimum Gasteiger partial charge on any atom is -0.490 e. The van der Waals surface area contributed by atoms with Crippen LogP contribution in [0.3, 0.4) is 0 Å². The highest BCUT2D eigenvalue weighted by molar-refractivity contribution is 6.07. The molecular formula is C23H28O4. The molecule has 0 unspecified atom stereocenters. The summed E-state index contributed by atoms with van der Waals surface area (Å²) in [4.78, 5) is 12.4. The van der Waals surface area contributed by atoms with Crippen molar-refractivity contribution in [1.82, 2.24) is 0 Å². The van der Waals surface area contributed by atoms with Crippen LogP contribution >= 0.6 is 0 Å². The molecule has 0 aliphatic carbocycles. The van der Waals surface area contributed by atoms with E-state index in [2.05, 4.69) is 6.92 Å². The lowest BCUT2D eigenvalue weighted by Crippen LogP contribution is -2.06. The van der Waals surface area contributed by atoms with Crippen LogP contribution in [0.5, 0.6) is 17.2 Å². The molecule has 0 aromatic heterocycles. The summed E-state index contributed by atoms with van der Waals surface area (Å²) in [6, 6.07) is 11.2. The van der Waals surface area contributed by atoms with Crippen LogP contribution in [0.2, 0.25) is 0 Å². The fourth-order valence-electron chi connectivity index (χ4n) is 2.82. The molecule has 4 heteroatoms. The summed E-state index contributed by atoms with van der Waals surface area (Å²) in [5, 5.41) is 0. The molecule has 0 radical (unpaired) electrons. The SMILES string of the molecule is CCOc1c(C=CC(=O)c2ccccc2)cc(CC)c(OCC)c1OCC. The van der Waals surface area contributed by atoms with E-state index in [9.17, 15) is 4.79 Å². The van der Waals surface area contributed by atoms with Gasteiger partial charge in [-0.15, -0.1) is 0 Å². The number of hydrogen-bond acceptors (Lipinski definition) is 4. The number of ketones is 1. The van der Waals surface area contributed by atoms with Crippen LogP contribution in [0, 0.1) is 0 Å². The summed E-state index contributed by atoms with van der Waals surface area (Å²) >= 11 is 0. The highest BCUT2D eigenvalue weighted by Crippen LogP contribution is 2.44. The molecule has 0 amide bonds. The maximum absolute atomic E-state index is 12.4. The average molecular weight is 368 g/mol. The number of carbonyl (C=O) groups is 1. The van der Waals surface area contributed by atoms with Gasteiger partial charge in [0.1, 0.15) is 0 Å². The molecule has 144 valence electrons. The van der Waals surface area contributed by atoms with Gasteiger partial charge in [0.15, 0.2) is 17.3 Å². The first-order valence-electron chi connectivity index (χ1n) is 9.51. The Labute approximate surface area is 161 Å². The summed E-state index contributed by atoms with van der Waals surface area (Å²) in [5.74, 6) is 1.88. The molecule has 0 aliphatic rings. The van der Waals surface area contributed by atoms with E-state index >= 15 is 0 Å². The molecular weight excluding hydrogens is 340 g/mol. The number of rotatable bonds is 10. The van der Waals surface area contributed by atoms with Gasteiger partial charge in [0.25, 0.3) is 0 Å². The van der Waals surface area contributed by atoms with Crippen LogP contribution in [-0.2, 0) is 6.42 Å². The van der Waals surface area contributed by atoms with Crippen molar-refractivity contribution in [2.24, 2.45) is 0 Å². The van der Waals surface area contributed by atoms with E-state index in [4.69, 9.17) is 14.2 Å². The van der Waals surface area contributed by atoms with Crippen molar-refractivity contribution in [3.8, 4) is 17.2 Å². The van der Waals surface area contributed by atoms with Gasteiger partial charge < -0.3 is 14.2 Å². The van der Waals surface area contributed by atoms with Crippen LogP contribution in [0.4, 0.5) is 0 Å². The molecule has 4 nitrogen and oxygen atoms in total. The Hall–Kier alpha value is -2.75. The molecule has 0 saturated carbocycles. The number of ether oxygens (including phenoxy) is 3. The highest BCUT2D eigenvalue weighted by atomic mass is 16.5. The quantitative estimate of drug-likeness (QED) is 0.419. The Morgan fingerprint density at radius 1 is 0.852 bits per heavy atom. The largest absolute Gasteiger partial charge is 0.490 e. The predicted molar refractivity (Wildman–Crippen MR) is 109 cm³/mol. The van der Waals surface area contributed by atoms with E-state index in [1.165, 1.54) is 0 Å². The van der Waals surface area contributed by atoms with Crippen molar-refractivity contribution in [2.75, 3.05) is 19.8 Å². The van der Waals surface area contributed by atoms with Gasteiger partial charge in [-0.3, -0.25) is 4.79 Å². The van der Waals surface area contributed by atoms with Crippen molar-refractivity contribution in [3.05, 3.63) is 59.2 Å². The predicted octanol–water partition coefficient (Wildman–Crippen LogP) is 5.34. The first-order valence-corrected chi connectivity index (χ1v) is 9.51. The molecule has 0 heterocycles. The number of carbonyl (C=O) groups excluding carboxylic acids is 1.